The maximum absolute atomic E-state index is 10.9. The third-order valence-electron chi connectivity index (χ3n) is 2.45. The lowest BCUT2D eigenvalue weighted by Gasteiger charge is -1.94. The molecule has 4 nitrogen and oxygen atoms in total. The van der Waals surface area contributed by atoms with Crippen molar-refractivity contribution in [2.75, 3.05) is 7.11 Å². The van der Waals surface area contributed by atoms with Gasteiger partial charge in [0.1, 0.15) is 5.82 Å². The van der Waals surface area contributed by atoms with Crippen molar-refractivity contribution in [3.8, 4) is 0 Å². The lowest BCUT2D eigenvalue weighted by Crippen LogP contribution is -1.96. The van der Waals surface area contributed by atoms with Crippen molar-refractivity contribution in [2.24, 2.45) is 0 Å². The Balaban J connectivity index is 2.16. The van der Waals surface area contributed by atoms with Crippen LogP contribution in [0.25, 0.3) is 17.1 Å². The summed E-state index contributed by atoms with van der Waals surface area (Å²) in [6.07, 6.45) is 3.97. The van der Waals surface area contributed by atoms with Gasteiger partial charge in [0.2, 0.25) is 0 Å². The summed E-state index contributed by atoms with van der Waals surface area (Å²) in [5.41, 5.74) is 2.99. The van der Waals surface area contributed by atoms with Gasteiger partial charge in [-0.3, -0.25) is 4.79 Å². The third kappa shape index (κ3) is 2.72. The van der Waals surface area contributed by atoms with E-state index in [0.29, 0.717) is 0 Å². The van der Waals surface area contributed by atoms with E-state index < -0.39 is 0 Å². The van der Waals surface area contributed by atoms with Crippen molar-refractivity contribution >= 4 is 23.1 Å². The van der Waals surface area contributed by atoms with E-state index in [9.17, 15) is 4.79 Å². The van der Waals surface area contributed by atoms with Gasteiger partial charge in [-0.15, -0.1) is 0 Å². The number of methoxy groups -OCH3 is 1. The maximum Gasteiger partial charge on any atom is 0.309 e. The van der Waals surface area contributed by atoms with Crippen LogP contribution in [0, 0.1) is 6.92 Å². The lowest BCUT2D eigenvalue weighted by atomic mass is 10.2. The van der Waals surface area contributed by atoms with Gasteiger partial charge in [-0.2, -0.15) is 0 Å². The van der Waals surface area contributed by atoms with Crippen molar-refractivity contribution in [3.05, 3.63) is 35.7 Å². The van der Waals surface area contributed by atoms with Gasteiger partial charge in [-0.1, -0.05) is 18.2 Å². The smallest absolute Gasteiger partial charge is 0.309 e. The van der Waals surface area contributed by atoms with Crippen LogP contribution in [0.15, 0.2) is 24.3 Å². The minimum atomic E-state index is -0.236. The monoisotopic (exact) mass is 230 g/mol. The topological polar surface area (TPSA) is 55.0 Å². The summed E-state index contributed by atoms with van der Waals surface area (Å²) in [7, 11) is 1.38. The number of esters is 1. The number of carbonyl (C=O) groups is 1. The SMILES string of the molecule is COC(=O)CC=Cc1ccc2nc(C)[nH]c2c1. The second kappa shape index (κ2) is 4.82. The normalized spacial score (nSPS) is 11.2. The van der Waals surface area contributed by atoms with Crippen molar-refractivity contribution in [2.45, 2.75) is 13.3 Å². The number of H-pyrrole nitrogens is 1. The van der Waals surface area contributed by atoms with Gasteiger partial charge in [-0.05, 0) is 24.6 Å². The van der Waals surface area contributed by atoms with Gasteiger partial charge < -0.3 is 9.72 Å². The Morgan fingerprint density at radius 1 is 1.53 bits per heavy atom. The Kier molecular flexibility index (Phi) is 3.23. The molecule has 0 saturated carbocycles. The number of nitrogens with one attached hydrogen (secondary N) is 1. The summed E-state index contributed by atoms with van der Waals surface area (Å²) in [6, 6.07) is 5.93. The zero-order chi connectivity index (χ0) is 12.3. The van der Waals surface area contributed by atoms with E-state index >= 15 is 0 Å². The molecule has 1 heterocycles. The molecular formula is C13H14N2O2. The van der Waals surface area contributed by atoms with Crippen molar-refractivity contribution in [3.63, 3.8) is 0 Å². The molecule has 17 heavy (non-hydrogen) atoms. The summed E-state index contributed by atoms with van der Waals surface area (Å²) in [5, 5.41) is 0. The number of imidazole rings is 1. The highest BCUT2D eigenvalue weighted by atomic mass is 16.5. The third-order valence-corrected chi connectivity index (χ3v) is 2.45. The average molecular weight is 230 g/mol. The minimum Gasteiger partial charge on any atom is -0.469 e. The number of carbonyl (C=O) groups excluding carboxylic acids is 1. The van der Waals surface area contributed by atoms with E-state index in [0.717, 1.165) is 22.4 Å². The predicted octanol–water partition coefficient (Wildman–Crippen LogP) is 2.45. The molecule has 1 aromatic heterocycles. The Labute approximate surface area is 99.3 Å². The van der Waals surface area contributed by atoms with Crippen LogP contribution in [-0.4, -0.2) is 23.0 Å². The van der Waals surface area contributed by atoms with Crippen LogP contribution in [-0.2, 0) is 9.53 Å². The Hall–Kier alpha value is -2.10. The molecule has 1 N–H and O–H groups in total. The molecular weight excluding hydrogens is 216 g/mol. The molecule has 0 atom stereocenters. The van der Waals surface area contributed by atoms with E-state index in [1.165, 1.54) is 7.11 Å². The molecule has 0 aliphatic carbocycles. The fraction of sp³-hybridized carbons (Fsp3) is 0.231. The summed E-state index contributed by atoms with van der Waals surface area (Å²) in [4.78, 5) is 18.4. The number of hydrogen-bond donors (Lipinski definition) is 1. The first-order valence-electron chi connectivity index (χ1n) is 5.39. The van der Waals surface area contributed by atoms with E-state index in [2.05, 4.69) is 14.7 Å². The zero-order valence-corrected chi connectivity index (χ0v) is 9.86. The summed E-state index contributed by atoms with van der Waals surface area (Å²) < 4.78 is 4.56. The first-order valence-corrected chi connectivity index (χ1v) is 5.39. The Morgan fingerprint density at radius 3 is 3.12 bits per heavy atom. The van der Waals surface area contributed by atoms with Crippen molar-refractivity contribution in [1.29, 1.82) is 0 Å². The van der Waals surface area contributed by atoms with Crippen LogP contribution in [0.5, 0.6) is 0 Å². The standard InChI is InChI=1S/C13H14N2O2/c1-9-14-11-7-6-10(8-12(11)15-9)4-3-5-13(16)17-2/h3-4,6-8H,5H2,1-2H3,(H,14,15). The highest BCUT2D eigenvalue weighted by molar-refractivity contribution is 5.79. The van der Waals surface area contributed by atoms with Crippen LogP contribution in [0.1, 0.15) is 17.8 Å². The Bertz CT molecular complexity index is 570. The zero-order valence-electron chi connectivity index (χ0n) is 9.86. The van der Waals surface area contributed by atoms with Gasteiger partial charge in [0.15, 0.2) is 0 Å². The fourth-order valence-corrected chi connectivity index (χ4v) is 1.63. The number of fused-ring (bicyclic) bond motifs is 1. The van der Waals surface area contributed by atoms with Crippen LogP contribution in [0.3, 0.4) is 0 Å². The number of hydrogen-bond acceptors (Lipinski definition) is 3. The molecule has 0 unspecified atom stereocenters. The summed E-state index contributed by atoms with van der Waals surface area (Å²) >= 11 is 0. The van der Waals surface area contributed by atoms with Gasteiger partial charge in [-0.25, -0.2) is 4.98 Å². The molecule has 0 aliphatic rings. The van der Waals surface area contributed by atoms with E-state index in [-0.39, 0.29) is 12.4 Å². The first kappa shape index (κ1) is 11.4. The number of ether oxygens (including phenoxy) is 1. The maximum atomic E-state index is 10.9. The Morgan fingerprint density at radius 2 is 2.35 bits per heavy atom. The molecule has 88 valence electrons. The molecule has 1 aromatic carbocycles. The predicted molar refractivity (Wildman–Crippen MR) is 66.5 cm³/mol. The second-order valence-corrected chi connectivity index (χ2v) is 3.78. The van der Waals surface area contributed by atoms with Crippen molar-refractivity contribution < 1.29 is 9.53 Å². The second-order valence-electron chi connectivity index (χ2n) is 3.78. The molecule has 0 spiro atoms. The number of rotatable bonds is 3. The van der Waals surface area contributed by atoms with Crippen LogP contribution in [0.2, 0.25) is 0 Å². The van der Waals surface area contributed by atoms with Crippen LogP contribution in [0.4, 0.5) is 0 Å². The highest BCUT2D eigenvalue weighted by Crippen LogP contribution is 2.14. The van der Waals surface area contributed by atoms with Crippen molar-refractivity contribution in [1.82, 2.24) is 9.97 Å². The summed E-state index contributed by atoms with van der Waals surface area (Å²) in [5.74, 6) is 0.662. The fourth-order valence-electron chi connectivity index (χ4n) is 1.63. The molecule has 2 aromatic rings. The highest BCUT2D eigenvalue weighted by Gasteiger charge is 1.99. The number of aromatic nitrogens is 2. The molecule has 0 radical (unpaired) electrons. The van der Waals surface area contributed by atoms with Crippen LogP contribution >= 0.6 is 0 Å². The van der Waals surface area contributed by atoms with Gasteiger partial charge in [0, 0.05) is 0 Å². The van der Waals surface area contributed by atoms with E-state index in [1.807, 2.05) is 31.2 Å². The average Bonchev–Trinajstić information content (AvgIpc) is 2.68. The number of nitrogens with zero attached hydrogens (tertiary/aromatic N) is 1. The van der Waals surface area contributed by atoms with Gasteiger partial charge in [0.05, 0.1) is 24.6 Å². The molecule has 0 bridgehead atoms. The minimum absolute atomic E-state index is 0.236. The molecule has 4 heteroatoms. The molecule has 0 fully saturated rings. The summed E-state index contributed by atoms with van der Waals surface area (Å²) in [6.45, 7) is 1.92. The quantitative estimate of drug-likeness (QED) is 0.824. The van der Waals surface area contributed by atoms with E-state index in [1.54, 1.807) is 6.08 Å². The van der Waals surface area contributed by atoms with Gasteiger partial charge >= 0.3 is 5.97 Å². The molecule has 2 rings (SSSR count). The largest absolute Gasteiger partial charge is 0.469 e. The molecule has 0 amide bonds. The molecule has 0 aliphatic heterocycles. The lowest BCUT2D eigenvalue weighted by molar-refractivity contribution is -0.139. The molecule has 0 saturated heterocycles. The van der Waals surface area contributed by atoms with Crippen LogP contribution < -0.4 is 0 Å². The number of aromatic amines is 1. The van der Waals surface area contributed by atoms with Gasteiger partial charge in [0.25, 0.3) is 0 Å². The first-order chi connectivity index (χ1) is 8.19. The number of aryl methyl sites for hydroxylation is 1. The number of benzene rings is 1. The van der Waals surface area contributed by atoms with E-state index in [4.69, 9.17) is 0 Å².